The highest BCUT2D eigenvalue weighted by atomic mass is 16.2. The van der Waals surface area contributed by atoms with Crippen LogP contribution in [0.1, 0.15) is 45.1 Å². The van der Waals surface area contributed by atoms with Crippen LogP contribution in [0.3, 0.4) is 0 Å². The van der Waals surface area contributed by atoms with Crippen molar-refractivity contribution < 1.29 is 14.4 Å². The largest absolute Gasteiger partial charge is 0.343 e. The van der Waals surface area contributed by atoms with Crippen molar-refractivity contribution in [3.05, 3.63) is 60.2 Å². The molecule has 156 valence electrons. The maximum Gasteiger partial charge on any atom is 0.241 e. The average molecular weight is 405 g/mol. The second-order valence-electron chi connectivity index (χ2n) is 8.78. The SMILES string of the molecule is CC(C)N(C)C(=O)CC1(c2ccc(-c3ccccc3)cc2)CC(=O)N(C2CC2)C1=O. The summed E-state index contributed by atoms with van der Waals surface area (Å²) < 4.78 is 0. The minimum Gasteiger partial charge on any atom is -0.343 e. The summed E-state index contributed by atoms with van der Waals surface area (Å²) in [5.41, 5.74) is 1.75. The number of amides is 3. The normalized spacial score (nSPS) is 21.4. The van der Waals surface area contributed by atoms with Crippen LogP contribution in [0.5, 0.6) is 0 Å². The number of carbonyl (C=O) groups is 3. The van der Waals surface area contributed by atoms with Gasteiger partial charge in [0.15, 0.2) is 0 Å². The van der Waals surface area contributed by atoms with Crippen LogP contribution in [-0.4, -0.2) is 46.7 Å². The molecule has 0 aromatic heterocycles. The lowest BCUT2D eigenvalue weighted by atomic mass is 9.75. The molecule has 2 aliphatic rings. The van der Waals surface area contributed by atoms with Crippen molar-refractivity contribution in [2.24, 2.45) is 0 Å². The molecular formula is C25H28N2O3. The van der Waals surface area contributed by atoms with Crippen LogP contribution in [0.25, 0.3) is 11.1 Å². The number of likely N-dealkylation sites (tertiary alicyclic amines) is 1. The Hall–Kier alpha value is -2.95. The highest BCUT2D eigenvalue weighted by Crippen LogP contribution is 2.44. The van der Waals surface area contributed by atoms with Crippen LogP contribution in [0.2, 0.25) is 0 Å². The summed E-state index contributed by atoms with van der Waals surface area (Å²) in [6, 6.07) is 17.8. The molecule has 5 heteroatoms. The molecule has 2 fully saturated rings. The highest BCUT2D eigenvalue weighted by molar-refractivity contribution is 6.11. The quantitative estimate of drug-likeness (QED) is 0.689. The highest BCUT2D eigenvalue weighted by Gasteiger charge is 2.57. The van der Waals surface area contributed by atoms with Crippen molar-refractivity contribution in [1.82, 2.24) is 9.80 Å². The van der Waals surface area contributed by atoms with Crippen molar-refractivity contribution in [3.8, 4) is 11.1 Å². The smallest absolute Gasteiger partial charge is 0.241 e. The molecule has 0 spiro atoms. The van der Waals surface area contributed by atoms with Crippen LogP contribution in [0, 0.1) is 0 Å². The Balaban J connectivity index is 1.71. The Kier molecular flexibility index (Phi) is 5.22. The molecule has 1 aliphatic heterocycles. The van der Waals surface area contributed by atoms with E-state index in [1.165, 1.54) is 4.90 Å². The van der Waals surface area contributed by atoms with Crippen molar-refractivity contribution in [1.29, 1.82) is 0 Å². The molecule has 0 radical (unpaired) electrons. The number of rotatable bonds is 6. The fourth-order valence-corrected chi connectivity index (χ4v) is 4.21. The van der Waals surface area contributed by atoms with E-state index in [9.17, 15) is 14.4 Å². The number of nitrogens with zero attached hydrogens (tertiary/aromatic N) is 2. The van der Waals surface area contributed by atoms with Gasteiger partial charge in [-0.2, -0.15) is 0 Å². The molecule has 1 heterocycles. The monoisotopic (exact) mass is 404 g/mol. The lowest BCUT2D eigenvalue weighted by Gasteiger charge is -2.30. The predicted octanol–water partition coefficient (Wildman–Crippen LogP) is 3.77. The van der Waals surface area contributed by atoms with E-state index < -0.39 is 5.41 Å². The van der Waals surface area contributed by atoms with Gasteiger partial charge in [0.2, 0.25) is 17.7 Å². The van der Waals surface area contributed by atoms with Gasteiger partial charge in [-0.1, -0.05) is 54.6 Å². The first kappa shape index (κ1) is 20.3. The lowest BCUT2D eigenvalue weighted by Crippen LogP contribution is -2.44. The van der Waals surface area contributed by atoms with E-state index >= 15 is 0 Å². The molecule has 30 heavy (non-hydrogen) atoms. The predicted molar refractivity (Wildman–Crippen MR) is 116 cm³/mol. The summed E-state index contributed by atoms with van der Waals surface area (Å²) in [6.07, 6.45) is 1.80. The van der Waals surface area contributed by atoms with Crippen molar-refractivity contribution in [2.45, 2.75) is 57.0 Å². The second-order valence-corrected chi connectivity index (χ2v) is 8.78. The topological polar surface area (TPSA) is 57.7 Å². The molecule has 1 saturated heterocycles. The fraction of sp³-hybridized carbons (Fsp3) is 0.400. The molecule has 1 unspecified atom stereocenters. The van der Waals surface area contributed by atoms with Crippen LogP contribution in [0.15, 0.2) is 54.6 Å². The Morgan fingerprint density at radius 2 is 1.63 bits per heavy atom. The van der Waals surface area contributed by atoms with E-state index in [1.54, 1.807) is 11.9 Å². The lowest BCUT2D eigenvalue weighted by molar-refractivity contribution is -0.143. The van der Waals surface area contributed by atoms with E-state index in [0.717, 1.165) is 29.5 Å². The van der Waals surface area contributed by atoms with Crippen LogP contribution < -0.4 is 0 Å². The third kappa shape index (κ3) is 3.53. The van der Waals surface area contributed by atoms with Gasteiger partial charge < -0.3 is 4.90 Å². The molecule has 0 N–H and O–H groups in total. The van der Waals surface area contributed by atoms with Gasteiger partial charge in [0.05, 0.1) is 5.41 Å². The zero-order valence-electron chi connectivity index (χ0n) is 17.8. The van der Waals surface area contributed by atoms with Gasteiger partial charge in [0, 0.05) is 32.0 Å². The maximum atomic E-state index is 13.5. The average Bonchev–Trinajstić information content (AvgIpc) is 3.54. The summed E-state index contributed by atoms with van der Waals surface area (Å²) >= 11 is 0. The Morgan fingerprint density at radius 3 is 2.20 bits per heavy atom. The van der Waals surface area contributed by atoms with Crippen molar-refractivity contribution in [3.63, 3.8) is 0 Å². The van der Waals surface area contributed by atoms with Crippen LogP contribution in [0.4, 0.5) is 0 Å². The number of hydrogen-bond acceptors (Lipinski definition) is 3. The van der Waals surface area contributed by atoms with Gasteiger partial charge >= 0.3 is 0 Å². The number of hydrogen-bond donors (Lipinski definition) is 0. The molecule has 3 amide bonds. The Morgan fingerprint density at radius 1 is 1.03 bits per heavy atom. The number of benzene rings is 2. The van der Waals surface area contributed by atoms with Gasteiger partial charge in [-0.25, -0.2) is 0 Å². The van der Waals surface area contributed by atoms with Crippen molar-refractivity contribution >= 4 is 17.7 Å². The van der Waals surface area contributed by atoms with Crippen LogP contribution in [-0.2, 0) is 19.8 Å². The summed E-state index contributed by atoms with van der Waals surface area (Å²) in [5, 5.41) is 0. The first-order chi connectivity index (χ1) is 14.3. The van der Waals surface area contributed by atoms with Crippen LogP contribution >= 0.6 is 0 Å². The van der Waals surface area contributed by atoms with Crippen molar-refractivity contribution in [2.75, 3.05) is 7.05 Å². The Labute approximate surface area is 177 Å². The van der Waals surface area contributed by atoms with Gasteiger partial charge in [-0.3, -0.25) is 19.3 Å². The van der Waals surface area contributed by atoms with Gasteiger partial charge in [0.1, 0.15) is 0 Å². The third-order valence-corrected chi connectivity index (χ3v) is 6.43. The van der Waals surface area contributed by atoms with E-state index in [-0.39, 0.29) is 42.6 Å². The molecular weight excluding hydrogens is 376 g/mol. The summed E-state index contributed by atoms with van der Waals surface area (Å²) in [5.74, 6) is -0.487. The zero-order chi connectivity index (χ0) is 21.5. The molecule has 5 nitrogen and oxygen atoms in total. The number of carbonyl (C=O) groups excluding carboxylic acids is 3. The minimum atomic E-state index is -1.12. The molecule has 4 rings (SSSR count). The van der Waals surface area contributed by atoms with Gasteiger partial charge in [0.25, 0.3) is 0 Å². The van der Waals surface area contributed by atoms with Gasteiger partial charge in [-0.15, -0.1) is 0 Å². The van der Waals surface area contributed by atoms with E-state index in [0.29, 0.717) is 0 Å². The fourth-order valence-electron chi connectivity index (χ4n) is 4.21. The van der Waals surface area contributed by atoms with Gasteiger partial charge in [-0.05, 0) is 43.4 Å². The zero-order valence-corrected chi connectivity index (χ0v) is 17.8. The van der Waals surface area contributed by atoms with E-state index in [1.807, 2.05) is 68.4 Å². The summed E-state index contributed by atoms with van der Waals surface area (Å²) in [6.45, 7) is 3.88. The van der Waals surface area contributed by atoms with E-state index in [2.05, 4.69) is 0 Å². The second kappa shape index (κ2) is 7.71. The molecule has 2 aromatic carbocycles. The molecule has 1 atom stereocenters. The number of imide groups is 1. The maximum absolute atomic E-state index is 13.5. The summed E-state index contributed by atoms with van der Waals surface area (Å²) in [7, 11) is 1.75. The minimum absolute atomic E-state index is 0.00778. The molecule has 2 aromatic rings. The summed E-state index contributed by atoms with van der Waals surface area (Å²) in [4.78, 5) is 42.4. The molecule has 1 aliphatic carbocycles. The first-order valence-electron chi connectivity index (χ1n) is 10.6. The molecule has 0 bridgehead atoms. The Bertz CT molecular complexity index is 964. The molecule has 1 saturated carbocycles. The standard InChI is InChI=1S/C25H28N2O3/c1-17(2)26(3)22(28)15-25(16-23(29)27(24(25)30)21-13-14-21)20-11-9-19(10-12-20)18-7-5-4-6-8-18/h4-12,17,21H,13-16H2,1-3H3. The third-order valence-electron chi connectivity index (χ3n) is 6.43. The van der Waals surface area contributed by atoms with E-state index in [4.69, 9.17) is 0 Å². The first-order valence-corrected chi connectivity index (χ1v) is 10.6.